The first-order valence-corrected chi connectivity index (χ1v) is 8.63. The normalized spacial score (nSPS) is 17.4. The predicted octanol–water partition coefficient (Wildman–Crippen LogP) is 5.80. The van der Waals surface area contributed by atoms with Gasteiger partial charge >= 0.3 is 0 Å². The van der Waals surface area contributed by atoms with Gasteiger partial charge in [0.15, 0.2) is 5.78 Å². The minimum atomic E-state index is -0.483. The number of halogens is 2. The molecule has 1 aliphatic carbocycles. The van der Waals surface area contributed by atoms with Gasteiger partial charge in [-0.25, -0.2) is 4.39 Å². The molecule has 0 spiro atoms. The minimum Gasteiger partial charge on any atom is -0.361 e. The van der Waals surface area contributed by atoms with E-state index >= 15 is 0 Å². The first-order valence-electron chi connectivity index (χ1n) is 8.25. The molecule has 0 radical (unpaired) electrons. The topological polar surface area (TPSA) is 29.1 Å². The number of allylic oxidation sites excluding steroid dienone is 1. The Morgan fingerprint density at radius 1 is 0.923 bits per heavy atom. The molecule has 0 aromatic heterocycles. The monoisotopic (exact) mass is 363 g/mol. The summed E-state index contributed by atoms with van der Waals surface area (Å²) < 4.78 is 14.3. The molecule has 0 amide bonds. The van der Waals surface area contributed by atoms with E-state index in [-0.39, 0.29) is 17.3 Å². The summed E-state index contributed by atoms with van der Waals surface area (Å²) in [6, 6.07) is 21.6. The van der Waals surface area contributed by atoms with Crippen molar-refractivity contribution in [3.8, 4) is 0 Å². The summed E-state index contributed by atoms with van der Waals surface area (Å²) in [5.74, 6) is -1.06. The van der Waals surface area contributed by atoms with Crippen LogP contribution >= 0.6 is 11.6 Å². The van der Waals surface area contributed by atoms with E-state index in [1.807, 2.05) is 48.5 Å². The molecular formula is C22H15ClFNO. The molecule has 4 heteroatoms. The maximum atomic E-state index is 14.3. The Bertz CT molecular complexity index is 996. The van der Waals surface area contributed by atoms with Gasteiger partial charge in [-0.3, -0.25) is 4.79 Å². The number of fused-ring (bicyclic) bond motifs is 1. The van der Waals surface area contributed by atoms with Crippen LogP contribution in [0, 0.1) is 5.82 Å². The smallest absolute Gasteiger partial charge is 0.194 e. The Hall–Kier alpha value is -2.91. The maximum Gasteiger partial charge on any atom is 0.194 e. The molecule has 3 aromatic carbocycles. The van der Waals surface area contributed by atoms with E-state index in [0.717, 1.165) is 11.3 Å². The summed E-state index contributed by atoms with van der Waals surface area (Å²) >= 11 is 5.90. The van der Waals surface area contributed by atoms with Gasteiger partial charge < -0.3 is 5.32 Å². The summed E-state index contributed by atoms with van der Waals surface area (Å²) in [7, 11) is 0. The van der Waals surface area contributed by atoms with Crippen molar-refractivity contribution in [2.75, 3.05) is 5.32 Å². The highest BCUT2D eigenvalue weighted by molar-refractivity contribution is 6.30. The average molecular weight is 364 g/mol. The molecule has 0 bridgehead atoms. The number of ketones is 1. The van der Waals surface area contributed by atoms with Gasteiger partial charge in [0.1, 0.15) is 5.82 Å². The first-order chi connectivity index (χ1) is 12.6. The summed E-state index contributed by atoms with van der Waals surface area (Å²) in [5, 5.41) is 3.77. The fraction of sp³-hybridized carbons (Fsp3) is 0.0455. The third kappa shape index (κ3) is 2.91. The molecule has 0 fully saturated rings. The minimum absolute atomic E-state index is 0.158. The lowest BCUT2D eigenvalue weighted by Gasteiger charge is -2.14. The molecular weight excluding hydrogens is 349 g/mol. The standard InChI is InChI=1S/C22H15ClFNO/c23-15-9-11-16(12-10-15)25-13-18-20(14-5-2-1-3-6-14)17-7-4-8-19(24)21(17)22(18)26/h1-13,20,25H. The van der Waals surface area contributed by atoms with Gasteiger partial charge in [0.05, 0.1) is 5.56 Å². The van der Waals surface area contributed by atoms with E-state index in [9.17, 15) is 9.18 Å². The van der Waals surface area contributed by atoms with Crippen molar-refractivity contribution < 1.29 is 9.18 Å². The van der Waals surface area contributed by atoms with Crippen LogP contribution in [0.3, 0.4) is 0 Å². The van der Waals surface area contributed by atoms with Gasteiger partial charge in [-0.2, -0.15) is 0 Å². The van der Waals surface area contributed by atoms with Crippen molar-refractivity contribution in [1.29, 1.82) is 0 Å². The lowest BCUT2D eigenvalue weighted by atomic mass is 9.90. The lowest BCUT2D eigenvalue weighted by molar-refractivity contribution is 0.103. The molecule has 3 aromatic rings. The zero-order valence-electron chi connectivity index (χ0n) is 13.7. The fourth-order valence-electron chi connectivity index (χ4n) is 3.32. The fourth-order valence-corrected chi connectivity index (χ4v) is 3.45. The number of nitrogens with one attached hydrogen (secondary N) is 1. The van der Waals surface area contributed by atoms with E-state index in [0.29, 0.717) is 16.2 Å². The molecule has 128 valence electrons. The van der Waals surface area contributed by atoms with Gasteiger partial charge in [0, 0.05) is 28.4 Å². The third-order valence-electron chi connectivity index (χ3n) is 4.53. The number of hydrogen-bond acceptors (Lipinski definition) is 2. The summed E-state index contributed by atoms with van der Waals surface area (Å²) in [4.78, 5) is 12.9. The Morgan fingerprint density at radius 3 is 2.38 bits per heavy atom. The van der Waals surface area contributed by atoms with E-state index in [1.165, 1.54) is 6.07 Å². The first kappa shape index (κ1) is 16.6. The van der Waals surface area contributed by atoms with Crippen LogP contribution in [0.2, 0.25) is 5.02 Å². The number of benzene rings is 3. The summed E-state index contributed by atoms with van der Waals surface area (Å²) in [5.41, 5.74) is 3.13. The molecule has 1 aliphatic rings. The van der Waals surface area contributed by atoms with Crippen LogP contribution in [-0.2, 0) is 0 Å². The van der Waals surface area contributed by atoms with Crippen LogP contribution in [0.1, 0.15) is 27.4 Å². The number of carbonyl (C=O) groups is 1. The van der Waals surface area contributed by atoms with E-state index in [4.69, 9.17) is 11.6 Å². The second-order valence-corrected chi connectivity index (χ2v) is 6.56. The molecule has 2 nitrogen and oxygen atoms in total. The van der Waals surface area contributed by atoms with Crippen molar-refractivity contribution in [1.82, 2.24) is 0 Å². The lowest BCUT2D eigenvalue weighted by Crippen LogP contribution is -2.05. The number of Topliss-reactive ketones (excluding diaryl/α,β-unsaturated/α-hetero) is 1. The SMILES string of the molecule is O=C1C(=CNc2ccc(Cl)cc2)C(c2ccccc2)c2cccc(F)c21. The second-order valence-electron chi connectivity index (χ2n) is 6.13. The largest absolute Gasteiger partial charge is 0.361 e. The van der Waals surface area contributed by atoms with Crippen molar-refractivity contribution in [3.05, 3.63) is 112 Å². The Kier molecular flexibility index (Phi) is 4.31. The number of anilines is 1. The van der Waals surface area contributed by atoms with Gasteiger partial charge in [-0.1, -0.05) is 54.1 Å². The van der Waals surface area contributed by atoms with E-state index in [1.54, 1.807) is 24.4 Å². The highest BCUT2D eigenvalue weighted by Crippen LogP contribution is 2.42. The molecule has 1 unspecified atom stereocenters. The quantitative estimate of drug-likeness (QED) is 0.595. The summed E-state index contributed by atoms with van der Waals surface area (Å²) in [6.45, 7) is 0. The molecule has 0 aliphatic heterocycles. The van der Waals surface area contributed by atoms with E-state index in [2.05, 4.69) is 5.32 Å². The third-order valence-corrected chi connectivity index (χ3v) is 4.78. The predicted molar refractivity (Wildman–Crippen MR) is 102 cm³/mol. The molecule has 0 heterocycles. The van der Waals surface area contributed by atoms with Crippen molar-refractivity contribution in [2.24, 2.45) is 0 Å². The Morgan fingerprint density at radius 2 is 1.65 bits per heavy atom. The van der Waals surface area contributed by atoms with Gasteiger partial charge in [0.2, 0.25) is 0 Å². The molecule has 0 saturated carbocycles. The van der Waals surface area contributed by atoms with Crippen molar-refractivity contribution in [2.45, 2.75) is 5.92 Å². The number of hydrogen-bond donors (Lipinski definition) is 1. The van der Waals surface area contributed by atoms with Gasteiger partial charge in [-0.15, -0.1) is 0 Å². The van der Waals surface area contributed by atoms with Crippen LogP contribution in [0.5, 0.6) is 0 Å². The zero-order valence-corrected chi connectivity index (χ0v) is 14.5. The van der Waals surface area contributed by atoms with Crippen molar-refractivity contribution >= 4 is 23.1 Å². The highest BCUT2D eigenvalue weighted by Gasteiger charge is 2.37. The van der Waals surface area contributed by atoms with Crippen molar-refractivity contribution in [3.63, 3.8) is 0 Å². The average Bonchev–Trinajstić information content (AvgIpc) is 2.95. The summed E-state index contributed by atoms with van der Waals surface area (Å²) in [6.07, 6.45) is 1.67. The van der Waals surface area contributed by atoms with Gasteiger partial charge in [0.25, 0.3) is 0 Å². The van der Waals surface area contributed by atoms with Crippen LogP contribution in [0.15, 0.2) is 84.6 Å². The van der Waals surface area contributed by atoms with Crippen LogP contribution in [-0.4, -0.2) is 5.78 Å². The molecule has 1 atom stereocenters. The molecule has 0 saturated heterocycles. The highest BCUT2D eigenvalue weighted by atomic mass is 35.5. The molecule has 26 heavy (non-hydrogen) atoms. The second kappa shape index (κ2) is 6.77. The Labute approximate surface area is 155 Å². The van der Waals surface area contributed by atoms with Crippen LogP contribution < -0.4 is 5.32 Å². The number of carbonyl (C=O) groups excluding carboxylic acids is 1. The molecule has 4 rings (SSSR count). The van der Waals surface area contributed by atoms with Crippen LogP contribution in [0.25, 0.3) is 0 Å². The zero-order chi connectivity index (χ0) is 18.1. The number of rotatable bonds is 3. The Balaban J connectivity index is 1.79. The van der Waals surface area contributed by atoms with Gasteiger partial charge in [-0.05, 0) is 41.5 Å². The van der Waals surface area contributed by atoms with E-state index < -0.39 is 5.82 Å². The van der Waals surface area contributed by atoms with Crippen LogP contribution in [0.4, 0.5) is 10.1 Å². The molecule has 1 N–H and O–H groups in total. The maximum absolute atomic E-state index is 14.3.